The summed E-state index contributed by atoms with van der Waals surface area (Å²) in [5, 5.41) is 0.276. The molecule has 1 saturated carbocycles. The van der Waals surface area contributed by atoms with Crippen LogP contribution in [0.4, 0.5) is 0 Å². The van der Waals surface area contributed by atoms with Crippen molar-refractivity contribution < 1.29 is 8.42 Å². The van der Waals surface area contributed by atoms with Gasteiger partial charge in [-0.25, -0.2) is 18.1 Å². The number of rotatable bonds is 3. The fraction of sp³-hybridized carbons (Fsp3) is 0.727. The number of aromatic nitrogens is 2. The number of imidazole rings is 1. The molecule has 1 N–H and O–H groups in total. The van der Waals surface area contributed by atoms with Gasteiger partial charge in [0.15, 0.2) is 5.03 Å². The van der Waals surface area contributed by atoms with E-state index in [2.05, 4.69) is 9.71 Å². The van der Waals surface area contributed by atoms with Crippen LogP contribution in [0.25, 0.3) is 0 Å². The smallest absolute Gasteiger partial charge is 0.259 e. The highest BCUT2D eigenvalue weighted by molar-refractivity contribution is 7.89. The Bertz CT molecular complexity index is 499. The summed E-state index contributed by atoms with van der Waals surface area (Å²) in [6, 6.07) is -0.0210. The van der Waals surface area contributed by atoms with Crippen molar-refractivity contribution in [1.82, 2.24) is 14.3 Å². The van der Waals surface area contributed by atoms with Crippen LogP contribution in [0.3, 0.4) is 0 Å². The fourth-order valence-corrected chi connectivity index (χ4v) is 3.70. The van der Waals surface area contributed by atoms with Crippen LogP contribution >= 0.6 is 11.6 Å². The van der Waals surface area contributed by atoms with Gasteiger partial charge < -0.3 is 4.57 Å². The molecule has 1 fully saturated rings. The average molecular weight is 292 g/mol. The van der Waals surface area contributed by atoms with E-state index in [0.29, 0.717) is 5.82 Å². The van der Waals surface area contributed by atoms with Crippen LogP contribution in [-0.4, -0.2) is 29.4 Å². The Kier molecular flexibility index (Phi) is 3.99. The second-order valence-corrected chi connectivity index (χ2v) is 7.09. The Morgan fingerprint density at radius 3 is 2.50 bits per heavy atom. The van der Waals surface area contributed by atoms with Crippen LogP contribution in [0.2, 0.25) is 0 Å². The maximum atomic E-state index is 12.1. The molecule has 1 aliphatic rings. The molecule has 102 valence electrons. The fourth-order valence-electron chi connectivity index (χ4n) is 2.11. The maximum Gasteiger partial charge on any atom is 0.259 e. The van der Waals surface area contributed by atoms with E-state index in [1.165, 1.54) is 6.20 Å². The lowest BCUT2D eigenvalue weighted by Crippen LogP contribution is -2.37. The Balaban J connectivity index is 2.08. The van der Waals surface area contributed by atoms with Gasteiger partial charge in [0.2, 0.25) is 0 Å². The van der Waals surface area contributed by atoms with Crippen LogP contribution < -0.4 is 4.72 Å². The summed E-state index contributed by atoms with van der Waals surface area (Å²) >= 11 is 6.00. The van der Waals surface area contributed by atoms with E-state index in [9.17, 15) is 8.42 Å². The van der Waals surface area contributed by atoms with E-state index in [0.717, 1.165) is 25.7 Å². The first-order valence-electron chi connectivity index (χ1n) is 6.05. The zero-order chi connectivity index (χ0) is 13.3. The van der Waals surface area contributed by atoms with Gasteiger partial charge in [-0.1, -0.05) is 0 Å². The Morgan fingerprint density at radius 1 is 1.39 bits per heavy atom. The van der Waals surface area contributed by atoms with Gasteiger partial charge in [-0.15, -0.1) is 11.6 Å². The van der Waals surface area contributed by atoms with E-state index in [1.807, 2.05) is 0 Å². The molecule has 5 nitrogen and oxygen atoms in total. The normalized spacial score (nSPS) is 25.3. The van der Waals surface area contributed by atoms with Crippen molar-refractivity contribution in [2.45, 2.75) is 49.1 Å². The molecule has 0 unspecified atom stereocenters. The molecule has 2 rings (SSSR count). The third kappa shape index (κ3) is 3.05. The zero-order valence-electron chi connectivity index (χ0n) is 10.6. The van der Waals surface area contributed by atoms with Gasteiger partial charge in [0, 0.05) is 24.7 Å². The molecule has 0 spiro atoms. The summed E-state index contributed by atoms with van der Waals surface area (Å²) in [6.07, 6.45) is 4.83. The molecule has 0 radical (unpaired) electrons. The molecule has 7 heteroatoms. The molecule has 18 heavy (non-hydrogen) atoms. The van der Waals surface area contributed by atoms with Crippen molar-refractivity contribution in [2.75, 3.05) is 0 Å². The number of aryl methyl sites for hydroxylation is 2. The van der Waals surface area contributed by atoms with Gasteiger partial charge >= 0.3 is 0 Å². The van der Waals surface area contributed by atoms with Gasteiger partial charge in [-0.3, -0.25) is 0 Å². The van der Waals surface area contributed by atoms with Crippen LogP contribution in [0.1, 0.15) is 31.5 Å². The van der Waals surface area contributed by atoms with E-state index in [4.69, 9.17) is 11.6 Å². The molecule has 1 aromatic heterocycles. The van der Waals surface area contributed by atoms with Gasteiger partial charge in [0.25, 0.3) is 10.0 Å². The largest absolute Gasteiger partial charge is 0.337 e. The lowest BCUT2D eigenvalue weighted by Gasteiger charge is -2.25. The number of alkyl halides is 1. The van der Waals surface area contributed by atoms with Crippen molar-refractivity contribution in [3.8, 4) is 0 Å². The summed E-state index contributed by atoms with van der Waals surface area (Å²) in [6.45, 7) is 1.78. The first-order chi connectivity index (χ1) is 8.38. The molecule has 0 amide bonds. The molecule has 0 bridgehead atoms. The predicted molar refractivity (Wildman–Crippen MR) is 70.2 cm³/mol. The summed E-state index contributed by atoms with van der Waals surface area (Å²) in [5.41, 5.74) is 0. The van der Waals surface area contributed by atoms with E-state index < -0.39 is 10.0 Å². The van der Waals surface area contributed by atoms with Gasteiger partial charge in [-0.05, 0) is 32.6 Å². The van der Waals surface area contributed by atoms with Crippen molar-refractivity contribution in [1.29, 1.82) is 0 Å². The first kappa shape index (κ1) is 13.8. The van der Waals surface area contributed by atoms with Crippen molar-refractivity contribution in [3.05, 3.63) is 12.0 Å². The molecule has 0 atom stereocenters. The number of halogens is 1. The Hall–Kier alpha value is -0.590. The summed E-state index contributed by atoms with van der Waals surface area (Å²) < 4.78 is 28.7. The quantitative estimate of drug-likeness (QED) is 0.860. The number of nitrogens with one attached hydrogen (secondary N) is 1. The minimum absolute atomic E-state index is 0.0210. The van der Waals surface area contributed by atoms with Gasteiger partial charge in [-0.2, -0.15) is 0 Å². The maximum absolute atomic E-state index is 12.1. The third-order valence-corrected chi connectivity index (χ3v) is 5.17. The average Bonchev–Trinajstić information content (AvgIpc) is 2.63. The number of hydrogen-bond acceptors (Lipinski definition) is 3. The monoisotopic (exact) mass is 291 g/mol. The van der Waals surface area contributed by atoms with Crippen LogP contribution in [0.5, 0.6) is 0 Å². The third-order valence-electron chi connectivity index (χ3n) is 3.34. The van der Waals surface area contributed by atoms with E-state index in [1.54, 1.807) is 18.5 Å². The van der Waals surface area contributed by atoms with Crippen molar-refractivity contribution >= 4 is 21.6 Å². The lowest BCUT2D eigenvalue weighted by atomic mass is 9.96. The second kappa shape index (κ2) is 5.19. The predicted octanol–water partition coefficient (Wildman–Crippen LogP) is 1.56. The van der Waals surface area contributed by atoms with Gasteiger partial charge in [0.05, 0.1) is 0 Å². The summed E-state index contributed by atoms with van der Waals surface area (Å²) in [7, 11) is -1.73. The molecule has 0 saturated heterocycles. The highest BCUT2D eigenvalue weighted by Crippen LogP contribution is 2.24. The molecule has 0 aliphatic heterocycles. The molecular weight excluding hydrogens is 274 g/mol. The first-order valence-corrected chi connectivity index (χ1v) is 7.97. The van der Waals surface area contributed by atoms with Gasteiger partial charge in [0.1, 0.15) is 5.82 Å². The van der Waals surface area contributed by atoms with Crippen molar-refractivity contribution in [3.63, 3.8) is 0 Å². The van der Waals surface area contributed by atoms with Crippen molar-refractivity contribution in [2.24, 2.45) is 7.05 Å². The minimum atomic E-state index is -3.50. The van der Waals surface area contributed by atoms with E-state index in [-0.39, 0.29) is 16.4 Å². The Morgan fingerprint density at radius 2 is 2.00 bits per heavy atom. The summed E-state index contributed by atoms with van der Waals surface area (Å²) in [4.78, 5) is 4.05. The summed E-state index contributed by atoms with van der Waals surface area (Å²) in [5.74, 6) is 0.680. The minimum Gasteiger partial charge on any atom is -0.337 e. The molecular formula is C11H18ClN3O2S. The molecule has 1 aromatic rings. The number of sulfonamides is 1. The molecule has 1 aliphatic carbocycles. The van der Waals surface area contributed by atoms with E-state index >= 15 is 0 Å². The number of nitrogens with zero attached hydrogens (tertiary/aromatic N) is 2. The lowest BCUT2D eigenvalue weighted by molar-refractivity contribution is 0.416. The van der Waals surface area contributed by atoms with Crippen LogP contribution in [0, 0.1) is 6.92 Å². The standard InChI is InChI=1S/C11H18ClN3O2S/c1-8-13-11(7-15(8)2)18(16,17)14-10-5-3-9(12)4-6-10/h7,9-10,14H,3-6H2,1-2H3. The van der Waals surface area contributed by atoms with Crippen LogP contribution in [-0.2, 0) is 17.1 Å². The highest BCUT2D eigenvalue weighted by atomic mass is 35.5. The zero-order valence-corrected chi connectivity index (χ0v) is 12.1. The molecule has 1 heterocycles. The SMILES string of the molecule is Cc1nc(S(=O)(=O)NC2CCC(Cl)CC2)cn1C. The highest BCUT2D eigenvalue weighted by Gasteiger charge is 2.26. The van der Waals surface area contributed by atoms with Crippen LogP contribution in [0.15, 0.2) is 11.2 Å². The number of hydrogen-bond donors (Lipinski definition) is 1. The molecule has 0 aromatic carbocycles. The second-order valence-electron chi connectivity index (χ2n) is 4.81. The topological polar surface area (TPSA) is 64.0 Å². The Labute approximate surface area is 113 Å².